The lowest BCUT2D eigenvalue weighted by atomic mass is 10.1. The van der Waals surface area contributed by atoms with Gasteiger partial charge in [0.2, 0.25) is 5.91 Å². The zero-order valence-corrected chi connectivity index (χ0v) is 13.0. The van der Waals surface area contributed by atoms with E-state index >= 15 is 0 Å². The Balaban J connectivity index is 1.66. The number of carbonyl (C=O) groups is 2. The average Bonchev–Trinajstić information content (AvgIpc) is 2.62. The highest BCUT2D eigenvalue weighted by atomic mass is 16.2. The van der Waals surface area contributed by atoms with Crippen LogP contribution in [0.15, 0.2) is 48.5 Å². The zero-order valence-electron chi connectivity index (χ0n) is 13.0. The van der Waals surface area contributed by atoms with Gasteiger partial charge in [0.15, 0.2) is 0 Å². The van der Waals surface area contributed by atoms with Crippen LogP contribution in [-0.4, -0.2) is 31.4 Å². The first-order chi connectivity index (χ1) is 11.7. The highest BCUT2D eigenvalue weighted by molar-refractivity contribution is 6.04. The molecule has 0 aromatic heterocycles. The minimum absolute atomic E-state index is 0.0134. The maximum Gasteiger partial charge on any atom is 0.255 e. The fourth-order valence-corrected chi connectivity index (χ4v) is 2.51. The number of anilines is 2. The predicted molar refractivity (Wildman–Crippen MR) is 90.8 cm³/mol. The third kappa shape index (κ3) is 3.52. The summed E-state index contributed by atoms with van der Waals surface area (Å²) in [6.07, 6.45) is 0. The molecule has 0 unspecified atom stereocenters. The van der Waals surface area contributed by atoms with Gasteiger partial charge in [-0.15, -0.1) is 0 Å². The summed E-state index contributed by atoms with van der Waals surface area (Å²) in [5.74, 6) is -0.218. The highest BCUT2D eigenvalue weighted by Crippen LogP contribution is 2.19. The Morgan fingerprint density at radius 2 is 1.83 bits per heavy atom. The van der Waals surface area contributed by atoms with Gasteiger partial charge in [0, 0.05) is 30.0 Å². The van der Waals surface area contributed by atoms with Gasteiger partial charge in [-0.3, -0.25) is 9.59 Å². The fraction of sp³-hybridized carbons (Fsp3) is 0.167. The van der Waals surface area contributed by atoms with E-state index in [1.165, 1.54) is 0 Å². The average molecular weight is 320 g/mol. The Bertz CT molecular complexity index is 791. The molecule has 2 aromatic rings. The van der Waals surface area contributed by atoms with Crippen molar-refractivity contribution in [3.05, 3.63) is 59.7 Å². The van der Waals surface area contributed by atoms with Crippen molar-refractivity contribution in [2.75, 3.05) is 29.9 Å². The van der Waals surface area contributed by atoms with Crippen molar-refractivity contribution >= 4 is 23.2 Å². The van der Waals surface area contributed by atoms with Crippen molar-refractivity contribution < 1.29 is 9.59 Å². The minimum atomic E-state index is -0.232. The lowest BCUT2D eigenvalue weighted by Crippen LogP contribution is -2.47. The summed E-state index contributed by atoms with van der Waals surface area (Å²) in [6, 6.07) is 15.9. The third-order valence-corrected chi connectivity index (χ3v) is 3.80. The number of amides is 2. The first-order valence-electron chi connectivity index (χ1n) is 7.59. The molecule has 0 bridgehead atoms. The van der Waals surface area contributed by atoms with Gasteiger partial charge >= 0.3 is 0 Å². The van der Waals surface area contributed by atoms with E-state index < -0.39 is 0 Å². The van der Waals surface area contributed by atoms with Crippen LogP contribution in [0.2, 0.25) is 0 Å². The van der Waals surface area contributed by atoms with E-state index in [-0.39, 0.29) is 11.8 Å². The smallest absolute Gasteiger partial charge is 0.255 e. The van der Waals surface area contributed by atoms with E-state index in [2.05, 4.69) is 10.6 Å². The Labute approximate surface area is 139 Å². The van der Waals surface area contributed by atoms with Gasteiger partial charge in [-0.2, -0.15) is 5.26 Å². The molecule has 0 saturated carbocycles. The molecule has 2 amide bonds. The van der Waals surface area contributed by atoms with Crippen LogP contribution in [0.5, 0.6) is 0 Å². The normalized spacial score (nSPS) is 13.8. The molecule has 6 nitrogen and oxygen atoms in total. The van der Waals surface area contributed by atoms with Crippen molar-refractivity contribution in [3.63, 3.8) is 0 Å². The van der Waals surface area contributed by atoms with Gasteiger partial charge in [0.1, 0.15) is 0 Å². The molecule has 120 valence electrons. The summed E-state index contributed by atoms with van der Waals surface area (Å²) >= 11 is 0. The molecule has 2 N–H and O–H groups in total. The molecule has 0 aliphatic carbocycles. The molecule has 0 spiro atoms. The molecular weight excluding hydrogens is 304 g/mol. The van der Waals surface area contributed by atoms with Crippen molar-refractivity contribution in [3.8, 4) is 6.07 Å². The van der Waals surface area contributed by atoms with Crippen LogP contribution >= 0.6 is 0 Å². The van der Waals surface area contributed by atoms with E-state index in [1.54, 1.807) is 24.3 Å². The van der Waals surface area contributed by atoms with Crippen molar-refractivity contribution in [2.24, 2.45) is 0 Å². The number of nitriles is 1. The summed E-state index contributed by atoms with van der Waals surface area (Å²) in [4.78, 5) is 25.6. The first kappa shape index (κ1) is 15.6. The quantitative estimate of drug-likeness (QED) is 0.902. The maximum absolute atomic E-state index is 12.2. The summed E-state index contributed by atoms with van der Waals surface area (Å²) in [5, 5.41) is 14.4. The molecule has 6 heteroatoms. The van der Waals surface area contributed by atoms with Crippen molar-refractivity contribution in [1.29, 1.82) is 5.26 Å². The first-order valence-corrected chi connectivity index (χ1v) is 7.59. The number of hydrogen-bond donors (Lipinski definition) is 2. The molecule has 1 heterocycles. The van der Waals surface area contributed by atoms with Gasteiger partial charge in [-0.1, -0.05) is 0 Å². The molecular formula is C18H16N4O2. The van der Waals surface area contributed by atoms with Gasteiger partial charge in [-0.25, -0.2) is 0 Å². The second-order valence-corrected chi connectivity index (χ2v) is 5.46. The SMILES string of the molecule is N#Cc1ccc(C(=O)Nc2ccc(N3CCNC(=O)C3)cc2)cc1. The molecule has 3 rings (SSSR count). The van der Waals surface area contributed by atoms with Gasteiger partial charge in [-0.05, 0) is 48.5 Å². The number of nitrogens with zero attached hydrogens (tertiary/aromatic N) is 2. The van der Waals surface area contributed by atoms with Crippen LogP contribution in [0.1, 0.15) is 15.9 Å². The Hall–Kier alpha value is -3.33. The molecule has 1 aliphatic heterocycles. The van der Waals surface area contributed by atoms with Gasteiger partial charge in [0.05, 0.1) is 18.2 Å². The van der Waals surface area contributed by atoms with Crippen molar-refractivity contribution in [2.45, 2.75) is 0 Å². The topological polar surface area (TPSA) is 85.2 Å². The zero-order chi connectivity index (χ0) is 16.9. The third-order valence-electron chi connectivity index (χ3n) is 3.80. The summed E-state index contributed by atoms with van der Waals surface area (Å²) in [7, 11) is 0. The summed E-state index contributed by atoms with van der Waals surface area (Å²) < 4.78 is 0. The number of nitrogens with one attached hydrogen (secondary N) is 2. The van der Waals surface area contributed by atoms with E-state index in [0.717, 1.165) is 12.2 Å². The summed E-state index contributed by atoms with van der Waals surface area (Å²) in [5.41, 5.74) is 2.63. The number of carbonyl (C=O) groups excluding carboxylic acids is 2. The molecule has 1 saturated heterocycles. The second kappa shape index (κ2) is 6.84. The van der Waals surface area contributed by atoms with E-state index in [9.17, 15) is 9.59 Å². The van der Waals surface area contributed by atoms with Gasteiger partial charge < -0.3 is 15.5 Å². The van der Waals surface area contributed by atoms with Crippen LogP contribution in [0, 0.1) is 11.3 Å². The Kier molecular flexibility index (Phi) is 4.43. The van der Waals surface area contributed by atoms with E-state index in [1.807, 2.05) is 35.2 Å². The van der Waals surface area contributed by atoms with Crippen LogP contribution in [0.25, 0.3) is 0 Å². The summed E-state index contributed by atoms with van der Waals surface area (Å²) in [6.45, 7) is 1.75. The number of piperazine rings is 1. The predicted octanol–water partition coefficient (Wildman–Crippen LogP) is 1.75. The minimum Gasteiger partial charge on any atom is -0.360 e. The largest absolute Gasteiger partial charge is 0.360 e. The Morgan fingerprint density at radius 3 is 2.46 bits per heavy atom. The maximum atomic E-state index is 12.2. The second-order valence-electron chi connectivity index (χ2n) is 5.46. The van der Waals surface area contributed by atoms with Crippen LogP contribution in [0.3, 0.4) is 0 Å². The number of rotatable bonds is 3. The molecule has 1 fully saturated rings. The monoisotopic (exact) mass is 320 g/mol. The van der Waals surface area contributed by atoms with Crippen molar-refractivity contribution in [1.82, 2.24) is 5.32 Å². The van der Waals surface area contributed by atoms with Crippen LogP contribution in [0.4, 0.5) is 11.4 Å². The lowest BCUT2D eigenvalue weighted by molar-refractivity contribution is -0.120. The molecule has 1 aliphatic rings. The number of benzene rings is 2. The molecule has 24 heavy (non-hydrogen) atoms. The van der Waals surface area contributed by atoms with E-state index in [4.69, 9.17) is 5.26 Å². The highest BCUT2D eigenvalue weighted by Gasteiger charge is 2.16. The molecule has 0 atom stereocenters. The van der Waals surface area contributed by atoms with Gasteiger partial charge in [0.25, 0.3) is 5.91 Å². The van der Waals surface area contributed by atoms with Crippen LogP contribution in [-0.2, 0) is 4.79 Å². The fourth-order valence-electron chi connectivity index (χ4n) is 2.51. The van der Waals surface area contributed by atoms with E-state index in [0.29, 0.717) is 29.9 Å². The lowest BCUT2D eigenvalue weighted by Gasteiger charge is -2.28. The number of hydrogen-bond acceptors (Lipinski definition) is 4. The standard InChI is InChI=1S/C18H16N4O2/c19-11-13-1-3-14(4-2-13)18(24)21-15-5-7-16(8-6-15)22-10-9-20-17(23)12-22/h1-8H,9-10,12H2,(H,20,23)(H,21,24). The Morgan fingerprint density at radius 1 is 1.12 bits per heavy atom. The molecule has 0 radical (unpaired) electrons. The molecule has 2 aromatic carbocycles. The van der Waals surface area contributed by atoms with Crippen LogP contribution < -0.4 is 15.5 Å².